The van der Waals surface area contributed by atoms with Crippen molar-refractivity contribution in [2.45, 2.75) is 86.0 Å². The van der Waals surface area contributed by atoms with E-state index in [1.54, 1.807) is 0 Å². The molecule has 34 heavy (non-hydrogen) atoms. The van der Waals surface area contributed by atoms with E-state index in [1.807, 2.05) is 0 Å². The van der Waals surface area contributed by atoms with Crippen molar-refractivity contribution in [2.24, 2.45) is 5.92 Å². The largest absolute Gasteiger partial charge is 0.396 e. The second-order valence-corrected chi connectivity index (χ2v) is 8.81. The molecule has 9 N–H and O–H groups in total. The molecule has 0 spiro atoms. The molecule has 4 aliphatic rings. The van der Waals surface area contributed by atoms with Gasteiger partial charge < -0.3 is 74.4 Å². The quantitative estimate of drug-likeness (QED) is 0.158. The topological polar surface area (TPSA) is 237 Å². The molecule has 4 rings (SSSR count). The van der Waals surface area contributed by atoms with Crippen LogP contribution in [0.15, 0.2) is 0 Å². The van der Waals surface area contributed by atoms with E-state index in [9.17, 15) is 46.0 Å². The first-order valence-corrected chi connectivity index (χ1v) is 11.0. The van der Waals surface area contributed by atoms with Crippen LogP contribution in [0.25, 0.3) is 0 Å². The highest BCUT2D eigenvalue weighted by molar-refractivity contribution is 4.99. The van der Waals surface area contributed by atoms with E-state index in [0.29, 0.717) is 0 Å². The summed E-state index contributed by atoms with van der Waals surface area (Å²) in [7, 11) is 0. The molecule has 15 nitrogen and oxygen atoms in total. The Hall–Kier alpha value is -0.600. The molecule has 0 aliphatic carbocycles. The Morgan fingerprint density at radius 3 is 1.91 bits per heavy atom. The zero-order chi connectivity index (χ0) is 24.7. The van der Waals surface area contributed by atoms with Gasteiger partial charge in [-0.25, -0.2) is 0 Å². The van der Waals surface area contributed by atoms with E-state index >= 15 is 0 Å². The van der Waals surface area contributed by atoms with Crippen LogP contribution in [0.4, 0.5) is 0 Å². The lowest BCUT2D eigenvalue weighted by Gasteiger charge is -2.46. The molecule has 4 heterocycles. The van der Waals surface area contributed by atoms with Gasteiger partial charge in [-0.3, -0.25) is 0 Å². The minimum Gasteiger partial charge on any atom is -0.396 e. The van der Waals surface area contributed by atoms with Crippen molar-refractivity contribution >= 4 is 0 Å². The van der Waals surface area contributed by atoms with Gasteiger partial charge in [0.2, 0.25) is 0 Å². The third kappa shape index (κ3) is 4.72. The molecule has 0 amide bonds. The summed E-state index contributed by atoms with van der Waals surface area (Å²) >= 11 is 0. The van der Waals surface area contributed by atoms with Gasteiger partial charge in [0.25, 0.3) is 0 Å². The van der Waals surface area contributed by atoms with Gasteiger partial charge in [-0.1, -0.05) is 0 Å². The summed E-state index contributed by atoms with van der Waals surface area (Å²) in [4.78, 5) is 0. The van der Waals surface area contributed by atoms with Gasteiger partial charge in [0, 0.05) is 0 Å². The second kappa shape index (κ2) is 10.8. The summed E-state index contributed by atoms with van der Waals surface area (Å²) in [6.45, 7) is -1.84. The minimum absolute atomic E-state index is 0.0100. The molecule has 0 aromatic heterocycles. The fourth-order valence-corrected chi connectivity index (χ4v) is 4.72. The summed E-state index contributed by atoms with van der Waals surface area (Å²) < 4.78 is 33.3. The van der Waals surface area contributed by atoms with Crippen LogP contribution < -0.4 is 0 Å². The summed E-state index contributed by atoms with van der Waals surface area (Å²) in [5.41, 5.74) is 0. The van der Waals surface area contributed by atoms with Gasteiger partial charge in [-0.05, 0) is 0 Å². The number of aliphatic hydroxyl groups is 9. The lowest BCUT2D eigenvalue weighted by Crippen LogP contribution is -2.64. The SMILES string of the molecule is OC[C@@H]1[C@H](O[C@@H]2[C@@H](O)[C@@H](O)O[C@H](CO)[C@@H]2O)O[C@H]2CO[C@@H]1[C@@H]2O[C@@H]1O[C@H](CO)[C@H](O)[C@H](O)[C@H]1O. The zero-order valence-electron chi connectivity index (χ0n) is 18.0. The zero-order valence-corrected chi connectivity index (χ0v) is 18.0. The average Bonchev–Trinajstić information content (AvgIpc) is 3.10. The second-order valence-electron chi connectivity index (χ2n) is 8.81. The number of aliphatic hydroxyl groups excluding tert-OH is 9. The summed E-state index contributed by atoms with van der Waals surface area (Å²) in [6.07, 6.45) is -18.9. The lowest BCUT2D eigenvalue weighted by atomic mass is 9.92. The van der Waals surface area contributed by atoms with Crippen molar-refractivity contribution in [2.75, 3.05) is 26.4 Å². The predicted octanol–water partition coefficient (Wildman–Crippen LogP) is -6.28. The third-order valence-corrected chi connectivity index (χ3v) is 6.71. The highest BCUT2D eigenvalue weighted by Crippen LogP contribution is 2.39. The van der Waals surface area contributed by atoms with Crippen molar-refractivity contribution in [1.29, 1.82) is 0 Å². The Balaban J connectivity index is 1.46. The van der Waals surface area contributed by atoms with E-state index in [0.717, 1.165) is 0 Å². The number of hydrogen-bond acceptors (Lipinski definition) is 15. The molecule has 0 saturated carbocycles. The van der Waals surface area contributed by atoms with E-state index < -0.39 is 112 Å². The number of hydrogen-bond donors (Lipinski definition) is 9. The molecule has 4 fully saturated rings. The van der Waals surface area contributed by atoms with Crippen LogP contribution in [-0.4, -0.2) is 158 Å². The minimum atomic E-state index is -1.74. The highest BCUT2D eigenvalue weighted by Gasteiger charge is 2.56. The van der Waals surface area contributed by atoms with Crippen molar-refractivity contribution < 1.29 is 74.4 Å². The van der Waals surface area contributed by atoms with Crippen molar-refractivity contribution in [1.82, 2.24) is 0 Å². The monoisotopic (exact) mass is 500 g/mol. The predicted molar refractivity (Wildman–Crippen MR) is 102 cm³/mol. The number of ether oxygens (including phenoxy) is 6. The molecule has 0 radical (unpaired) electrons. The Morgan fingerprint density at radius 1 is 0.618 bits per heavy atom. The van der Waals surface area contributed by atoms with E-state index in [2.05, 4.69) is 0 Å². The van der Waals surface area contributed by atoms with Crippen molar-refractivity contribution in [3.05, 3.63) is 0 Å². The molecule has 15 heteroatoms. The fourth-order valence-electron chi connectivity index (χ4n) is 4.72. The number of rotatable bonds is 7. The standard InChI is InChI=1S/C19H32O15/c20-1-5-14-15(33-19-12(26)11(25)9(23)6(2-21)31-19)8(4-29-14)32-18(5)34-16-10(24)7(3-22)30-17(28)13(16)27/h5-28H,1-4H2/t5-,6+,7+,8-,9-,10-,11-,12+,13+,14-,15+,16-,17-,18-,19-/m0/s1. The van der Waals surface area contributed by atoms with Gasteiger partial charge >= 0.3 is 0 Å². The Morgan fingerprint density at radius 2 is 1.26 bits per heavy atom. The van der Waals surface area contributed by atoms with Crippen molar-refractivity contribution in [3.8, 4) is 0 Å². The maximum atomic E-state index is 10.4. The molecule has 2 bridgehead atoms. The van der Waals surface area contributed by atoms with Gasteiger partial charge in [0.1, 0.15) is 61.0 Å². The maximum Gasteiger partial charge on any atom is 0.187 e. The smallest absolute Gasteiger partial charge is 0.187 e. The summed E-state index contributed by atoms with van der Waals surface area (Å²) in [6, 6.07) is 0. The van der Waals surface area contributed by atoms with Crippen LogP contribution in [0.2, 0.25) is 0 Å². The van der Waals surface area contributed by atoms with Gasteiger partial charge in [-0.15, -0.1) is 0 Å². The fraction of sp³-hybridized carbons (Fsp3) is 1.00. The summed E-state index contributed by atoms with van der Waals surface area (Å²) in [5.74, 6) is -0.916. The molecule has 0 aromatic rings. The van der Waals surface area contributed by atoms with Crippen LogP contribution >= 0.6 is 0 Å². The highest BCUT2D eigenvalue weighted by atomic mass is 16.8. The first kappa shape index (κ1) is 26.5. The molecular weight excluding hydrogens is 468 g/mol. The Bertz CT molecular complexity index is 668. The number of fused-ring (bicyclic) bond motifs is 2. The van der Waals surface area contributed by atoms with Gasteiger partial charge in [-0.2, -0.15) is 0 Å². The molecule has 0 unspecified atom stereocenters. The normalized spacial score (nSPS) is 53.7. The molecule has 198 valence electrons. The molecule has 0 aromatic carbocycles. The van der Waals surface area contributed by atoms with Crippen LogP contribution in [-0.2, 0) is 28.4 Å². The lowest BCUT2D eigenvalue weighted by molar-refractivity contribution is -0.357. The maximum absolute atomic E-state index is 10.4. The first-order valence-electron chi connectivity index (χ1n) is 11.0. The van der Waals surface area contributed by atoms with Crippen LogP contribution in [0.5, 0.6) is 0 Å². The molecule has 4 aliphatic heterocycles. The Labute approximate surface area is 193 Å². The third-order valence-electron chi connectivity index (χ3n) is 6.71. The van der Waals surface area contributed by atoms with Crippen LogP contribution in [0, 0.1) is 5.92 Å². The van der Waals surface area contributed by atoms with Crippen LogP contribution in [0.3, 0.4) is 0 Å². The Kier molecular flexibility index (Phi) is 8.40. The average molecular weight is 500 g/mol. The van der Waals surface area contributed by atoms with Crippen molar-refractivity contribution in [3.63, 3.8) is 0 Å². The first-order chi connectivity index (χ1) is 16.2. The molecule has 15 atom stereocenters. The summed E-state index contributed by atoms with van der Waals surface area (Å²) in [5, 5.41) is 89.4. The van der Waals surface area contributed by atoms with Gasteiger partial charge in [0.05, 0.1) is 38.4 Å². The van der Waals surface area contributed by atoms with Crippen LogP contribution in [0.1, 0.15) is 0 Å². The molecular formula is C19H32O15. The molecule has 4 saturated heterocycles. The van der Waals surface area contributed by atoms with E-state index in [4.69, 9.17) is 28.4 Å². The van der Waals surface area contributed by atoms with Gasteiger partial charge in [0.15, 0.2) is 18.9 Å². The van der Waals surface area contributed by atoms with E-state index in [-0.39, 0.29) is 6.61 Å². The van der Waals surface area contributed by atoms with E-state index in [1.165, 1.54) is 0 Å².